The molecule has 1 aromatic rings. The summed E-state index contributed by atoms with van der Waals surface area (Å²) < 4.78 is 5.52. The lowest BCUT2D eigenvalue weighted by Crippen LogP contribution is -2.43. The highest BCUT2D eigenvalue weighted by Crippen LogP contribution is 2.22. The highest BCUT2D eigenvalue weighted by atomic mass is 35.5. The Morgan fingerprint density at radius 1 is 1.65 bits per heavy atom. The van der Waals surface area contributed by atoms with Gasteiger partial charge in [0.1, 0.15) is 5.01 Å². The molecule has 1 aliphatic rings. The van der Waals surface area contributed by atoms with Crippen LogP contribution in [0.3, 0.4) is 0 Å². The number of piperidine rings is 1. The fourth-order valence-corrected chi connectivity index (χ4v) is 3.29. The minimum atomic E-state index is 0.358. The average molecular weight is 275 g/mol. The van der Waals surface area contributed by atoms with Crippen LogP contribution in [-0.4, -0.2) is 36.2 Å². The van der Waals surface area contributed by atoms with Gasteiger partial charge in [0, 0.05) is 19.0 Å². The van der Waals surface area contributed by atoms with Crippen LogP contribution in [0.5, 0.6) is 0 Å². The first-order valence-electron chi connectivity index (χ1n) is 5.97. The van der Waals surface area contributed by atoms with Gasteiger partial charge in [-0.3, -0.25) is 4.90 Å². The third-order valence-corrected chi connectivity index (χ3v) is 4.53. The van der Waals surface area contributed by atoms with E-state index in [1.807, 2.05) is 5.38 Å². The number of methoxy groups -OCH3 is 1. The van der Waals surface area contributed by atoms with Crippen molar-refractivity contribution in [1.29, 1.82) is 0 Å². The Balaban J connectivity index is 1.90. The Labute approximate surface area is 112 Å². The molecule has 2 atom stereocenters. The SMILES string of the molecule is COC1CN(Cc2nc(CCl)cs2)CCC1C. The lowest BCUT2D eigenvalue weighted by molar-refractivity contribution is -0.00746. The molecule has 1 aliphatic heterocycles. The van der Waals surface area contributed by atoms with Gasteiger partial charge in [0.25, 0.3) is 0 Å². The van der Waals surface area contributed by atoms with Crippen molar-refractivity contribution in [1.82, 2.24) is 9.88 Å². The normalized spacial score (nSPS) is 26.3. The average Bonchev–Trinajstić information content (AvgIpc) is 2.79. The van der Waals surface area contributed by atoms with Crippen LogP contribution in [0, 0.1) is 5.92 Å². The van der Waals surface area contributed by atoms with Crippen LogP contribution in [0.2, 0.25) is 0 Å². The van der Waals surface area contributed by atoms with Crippen LogP contribution >= 0.6 is 22.9 Å². The van der Waals surface area contributed by atoms with E-state index in [9.17, 15) is 0 Å². The zero-order valence-electron chi connectivity index (χ0n) is 10.4. The largest absolute Gasteiger partial charge is 0.380 e. The van der Waals surface area contributed by atoms with Crippen molar-refractivity contribution < 1.29 is 4.74 Å². The summed E-state index contributed by atoms with van der Waals surface area (Å²) in [6.45, 7) is 5.33. The number of thiazole rings is 1. The fraction of sp³-hybridized carbons (Fsp3) is 0.750. The van der Waals surface area contributed by atoms with Gasteiger partial charge < -0.3 is 4.74 Å². The van der Waals surface area contributed by atoms with E-state index < -0.39 is 0 Å². The molecular formula is C12H19ClN2OS. The molecule has 1 saturated heterocycles. The molecule has 96 valence electrons. The van der Waals surface area contributed by atoms with Crippen LogP contribution in [0.1, 0.15) is 24.0 Å². The number of halogens is 1. The maximum absolute atomic E-state index is 5.76. The van der Waals surface area contributed by atoms with Gasteiger partial charge in [-0.1, -0.05) is 6.92 Å². The van der Waals surface area contributed by atoms with E-state index in [4.69, 9.17) is 16.3 Å². The fourth-order valence-electron chi connectivity index (χ4n) is 2.22. The van der Waals surface area contributed by atoms with Crippen LogP contribution in [0.15, 0.2) is 5.38 Å². The molecule has 5 heteroatoms. The molecule has 0 aromatic carbocycles. The van der Waals surface area contributed by atoms with Crippen LogP contribution in [0.25, 0.3) is 0 Å². The smallest absolute Gasteiger partial charge is 0.107 e. The minimum Gasteiger partial charge on any atom is -0.380 e. The first-order valence-corrected chi connectivity index (χ1v) is 7.38. The van der Waals surface area contributed by atoms with Crippen LogP contribution in [-0.2, 0) is 17.2 Å². The summed E-state index contributed by atoms with van der Waals surface area (Å²) in [5, 5.41) is 3.20. The number of hydrogen-bond acceptors (Lipinski definition) is 4. The maximum atomic E-state index is 5.76. The number of likely N-dealkylation sites (tertiary alicyclic amines) is 1. The van der Waals surface area contributed by atoms with E-state index in [-0.39, 0.29) is 0 Å². The first kappa shape index (κ1) is 13.3. The monoisotopic (exact) mass is 274 g/mol. The topological polar surface area (TPSA) is 25.4 Å². The molecule has 0 amide bonds. The van der Waals surface area contributed by atoms with Crippen molar-refractivity contribution in [2.45, 2.75) is 31.9 Å². The number of nitrogens with zero attached hydrogens (tertiary/aromatic N) is 2. The van der Waals surface area contributed by atoms with E-state index in [2.05, 4.69) is 16.8 Å². The lowest BCUT2D eigenvalue weighted by atomic mass is 9.96. The summed E-state index contributed by atoms with van der Waals surface area (Å²) >= 11 is 7.46. The molecule has 0 radical (unpaired) electrons. The highest BCUT2D eigenvalue weighted by molar-refractivity contribution is 7.09. The van der Waals surface area contributed by atoms with Crippen molar-refractivity contribution in [3.63, 3.8) is 0 Å². The molecule has 17 heavy (non-hydrogen) atoms. The van der Waals surface area contributed by atoms with E-state index in [0.717, 1.165) is 30.3 Å². The number of ether oxygens (including phenoxy) is 1. The summed E-state index contributed by atoms with van der Waals surface area (Å²) in [4.78, 5) is 6.92. The predicted octanol–water partition coefficient (Wildman–Crippen LogP) is 2.74. The van der Waals surface area contributed by atoms with Crippen LogP contribution in [0.4, 0.5) is 0 Å². The second kappa shape index (κ2) is 6.14. The molecule has 2 rings (SSSR count). The number of aromatic nitrogens is 1. The zero-order valence-corrected chi connectivity index (χ0v) is 11.9. The third-order valence-electron chi connectivity index (χ3n) is 3.37. The van der Waals surface area contributed by atoms with Crippen molar-refractivity contribution in [2.75, 3.05) is 20.2 Å². The quantitative estimate of drug-likeness (QED) is 0.790. The summed E-state index contributed by atoms with van der Waals surface area (Å²) in [5.41, 5.74) is 0.986. The first-order chi connectivity index (χ1) is 8.22. The zero-order chi connectivity index (χ0) is 12.3. The molecule has 1 aromatic heterocycles. The summed E-state index contributed by atoms with van der Waals surface area (Å²) in [5.74, 6) is 1.17. The van der Waals surface area contributed by atoms with Gasteiger partial charge in [-0.2, -0.15) is 0 Å². The predicted molar refractivity (Wildman–Crippen MR) is 71.5 cm³/mol. The van der Waals surface area contributed by atoms with E-state index >= 15 is 0 Å². The minimum absolute atomic E-state index is 0.358. The van der Waals surface area contributed by atoms with Gasteiger partial charge in [0.2, 0.25) is 0 Å². The molecule has 0 bridgehead atoms. The lowest BCUT2D eigenvalue weighted by Gasteiger charge is -2.35. The van der Waals surface area contributed by atoms with Crippen molar-refractivity contribution in [2.24, 2.45) is 5.92 Å². The van der Waals surface area contributed by atoms with Crippen molar-refractivity contribution >= 4 is 22.9 Å². The Kier molecular flexibility index (Phi) is 4.79. The molecule has 1 fully saturated rings. The Bertz CT molecular complexity index is 358. The maximum Gasteiger partial charge on any atom is 0.107 e. The second-order valence-electron chi connectivity index (χ2n) is 4.64. The van der Waals surface area contributed by atoms with Crippen molar-refractivity contribution in [3.8, 4) is 0 Å². The summed E-state index contributed by atoms with van der Waals surface area (Å²) in [6.07, 6.45) is 1.56. The Morgan fingerprint density at radius 3 is 3.12 bits per heavy atom. The van der Waals surface area contributed by atoms with Gasteiger partial charge in [0.15, 0.2) is 0 Å². The summed E-state index contributed by atoms with van der Waals surface area (Å²) in [6, 6.07) is 0. The molecule has 2 unspecified atom stereocenters. The summed E-state index contributed by atoms with van der Waals surface area (Å²) in [7, 11) is 1.81. The van der Waals surface area contributed by atoms with Gasteiger partial charge in [0.05, 0.1) is 24.2 Å². The molecule has 0 spiro atoms. The molecule has 0 aliphatic carbocycles. The van der Waals surface area contributed by atoms with E-state index in [1.54, 1.807) is 18.4 Å². The van der Waals surface area contributed by atoms with Crippen molar-refractivity contribution in [3.05, 3.63) is 16.1 Å². The van der Waals surface area contributed by atoms with Gasteiger partial charge in [-0.05, 0) is 18.9 Å². The second-order valence-corrected chi connectivity index (χ2v) is 5.85. The molecular weight excluding hydrogens is 256 g/mol. The highest BCUT2D eigenvalue weighted by Gasteiger charge is 2.26. The van der Waals surface area contributed by atoms with Crippen LogP contribution < -0.4 is 0 Å². The van der Waals surface area contributed by atoms with E-state index in [1.165, 1.54) is 6.42 Å². The number of hydrogen-bond donors (Lipinski definition) is 0. The number of alkyl halides is 1. The van der Waals surface area contributed by atoms with Gasteiger partial charge in [-0.15, -0.1) is 22.9 Å². The molecule has 0 saturated carbocycles. The van der Waals surface area contributed by atoms with Gasteiger partial charge >= 0.3 is 0 Å². The Morgan fingerprint density at radius 2 is 2.47 bits per heavy atom. The Hall–Kier alpha value is -0.160. The van der Waals surface area contributed by atoms with Gasteiger partial charge in [-0.25, -0.2) is 4.98 Å². The molecule has 0 N–H and O–H groups in total. The third kappa shape index (κ3) is 3.41. The number of rotatable bonds is 4. The standard InChI is InChI=1S/C12H19ClN2OS/c1-9-3-4-15(6-11(9)16-2)7-12-14-10(5-13)8-17-12/h8-9,11H,3-7H2,1-2H3. The molecule has 3 nitrogen and oxygen atoms in total. The molecule has 2 heterocycles. The van der Waals surface area contributed by atoms with E-state index in [0.29, 0.717) is 17.9 Å².